The summed E-state index contributed by atoms with van der Waals surface area (Å²) < 4.78 is 31.3. The van der Waals surface area contributed by atoms with E-state index in [1.807, 2.05) is 10.8 Å². The van der Waals surface area contributed by atoms with Crippen LogP contribution in [0.2, 0.25) is 0 Å². The second-order valence-corrected chi connectivity index (χ2v) is 8.88. The van der Waals surface area contributed by atoms with Gasteiger partial charge in [0.25, 0.3) is 0 Å². The maximum atomic E-state index is 15.5. The van der Waals surface area contributed by atoms with Gasteiger partial charge >= 0.3 is 6.03 Å². The number of likely N-dealkylation sites (N-methyl/N-ethyl adjacent to an activating group) is 1. The highest BCUT2D eigenvalue weighted by atomic mass is 19.1. The fourth-order valence-corrected chi connectivity index (χ4v) is 4.79. The summed E-state index contributed by atoms with van der Waals surface area (Å²) in [5, 5.41) is 0.629. The van der Waals surface area contributed by atoms with Gasteiger partial charge in [-0.1, -0.05) is 12.1 Å². The first kappa shape index (κ1) is 20.6. The molecule has 2 aromatic heterocycles. The van der Waals surface area contributed by atoms with Gasteiger partial charge in [0.05, 0.1) is 18.0 Å². The van der Waals surface area contributed by atoms with E-state index in [1.165, 1.54) is 29.4 Å². The van der Waals surface area contributed by atoms with Gasteiger partial charge in [0.15, 0.2) is 0 Å². The Morgan fingerprint density at radius 3 is 2.62 bits per heavy atom. The lowest BCUT2D eigenvalue weighted by Gasteiger charge is -2.17. The lowest BCUT2D eigenvalue weighted by Crippen LogP contribution is -2.29. The zero-order chi connectivity index (χ0) is 23.6. The SMILES string of the molecule is CN1C(=O)N(c2ccc(-c3cn(C4CC4)c4ncnc(N)c34)c(F)c2)CC1c1cccc(F)c1. The normalized spacial score (nSPS) is 18.3. The summed E-state index contributed by atoms with van der Waals surface area (Å²) in [5.74, 6) is -0.529. The highest BCUT2D eigenvalue weighted by Gasteiger charge is 2.37. The molecule has 2 aliphatic rings. The Balaban J connectivity index is 1.37. The molecule has 2 amide bonds. The van der Waals surface area contributed by atoms with Gasteiger partial charge < -0.3 is 15.2 Å². The number of hydrogen-bond donors (Lipinski definition) is 1. The van der Waals surface area contributed by atoms with Crippen molar-refractivity contribution in [3.8, 4) is 11.1 Å². The number of nitrogens with zero attached hydrogens (tertiary/aromatic N) is 5. The number of benzene rings is 2. The van der Waals surface area contributed by atoms with Gasteiger partial charge in [0.1, 0.15) is 29.4 Å². The predicted octanol–water partition coefficient (Wildman–Crippen LogP) is 4.91. The summed E-state index contributed by atoms with van der Waals surface area (Å²) in [7, 11) is 1.66. The molecule has 1 saturated carbocycles. The van der Waals surface area contributed by atoms with E-state index < -0.39 is 5.82 Å². The van der Waals surface area contributed by atoms with Crippen molar-refractivity contribution in [2.45, 2.75) is 24.9 Å². The van der Waals surface area contributed by atoms with Crippen molar-refractivity contribution in [2.24, 2.45) is 0 Å². The largest absolute Gasteiger partial charge is 0.383 e. The highest BCUT2D eigenvalue weighted by molar-refractivity contribution is 6.01. The molecule has 2 aromatic carbocycles. The van der Waals surface area contributed by atoms with Crippen LogP contribution in [0.15, 0.2) is 55.0 Å². The van der Waals surface area contributed by atoms with Crippen LogP contribution in [0.1, 0.15) is 30.5 Å². The molecule has 1 saturated heterocycles. The highest BCUT2D eigenvalue weighted by Crippen LogP contribution is 2.43. The second kappa shape index (κ2) is 7.51. The third-order valence-corrected chi connectivity index (χ3v) is 6.72. The number of carbonyl (C=O) groups excluding carboxylic acids is 1. The quantitative estimate of drug-likeness (QED) is 0.469. The second-order valence-electron chi connectivity index (χ2n) is 8.88. The Morgan fingerprint density at radius 1 is 1.06 bits per heavy atom. The Bertz CT molecular complexity index is 1450. The fraction of sp³-hybridized carbons (Fsp3) is 0.240. The van der Waals surface area contributed by atoms with Crippen LogP contribution in [0.4, 0.5) is 25.1 Å². The van der Waals surface area contributed by atoms with Crippen molar-refractivity contribution in [1.82, 2.24) is 19.4 Å². The minimum Gasteiger partial charge on any atom is -0.383 e. The van der Waals surface area contributed by atoms with E-state index >= 15 is 4.39 Å². The van der Waals surface area contributed by atoms with E-state index in [0.29, 0.717) is 51.8 Å². The van der Waals surface area contributed by atoms with Crippen molar-refractivity contribution in [3.05, 3.63) is 72.2 Å². The minimum atomic E-state index is -0.472. The molecule has 1 unspecified atom stereocenters. The van der Waals surface area contributed by atoms with Gasteiger partial charge in [-0.05, 0) is 48.7 Å². The first-order valence-corrected chi connectivity index (χ1v) is 11.1. The maximum absolute atomic E-state index is 15.5. The summed E-state index contributed by atoms with van der Waals surface area (Å²) in [5.41, 5.74) is 8.98. The number of nitrogens with two attached hydrogens (primary N) is 1. The molecule has 34 heavy (non-hydrogen) atoms. The Kier molecular flexibility index (Phi) is 4.55. The molecular weight excluding hydrogens is 438 g/mol. The molecule has 1 aliphatic carbocycles. The summed E-state index contributed by atoms with van der Waals surface area (Å²) in [6.07, 6.45) is 5.40. The van der Waals surface area contributed by atoms with E-state index in [2.05, 4.69) is 9.97 Å². The Morgan fingerprint density at radius 2 is 1.88 bits per heavy atom. The molecule has 4 aromatic rings. The summed E-state index contributed by atoms with van der Waals surface area (Å²) in [4.78, 5) is 24.5. The Hall–Kier alpha value is -4.01. The number of halogens is 2. The van der Waals surface area contributed by atoms with E-state index in [4.69, 9.17) is 5.73 Å². The van der Waals surface area contributed by atoms with E-state index in [0.717, 1.165) is 12.8 Å². The molecule has 6 rings (SSSR count). The van der Waals surface area contributed by atoms with Crippen molar-refractivity contribution in [3.63, 3.8) is 0 Å². The molecule has 9 heteroatoms. The average Bonchev–Trinajstić information content (AvgIpc) is 3.52. The summed E-state index contributed by atoms with van der Waals surface area (Å²) in [6, 6.07) is 10.7. The third kappa shape index (κ3) is 3.19. The molecule has 3 heterocycles. The molecule has 2 N–H and O–H groups in total. The molecule has 0 spiro atoms. The molecular formula is C25H22F2N6O. The van der Waals surface area contributed by atoms with Crippen LogP contribution in [-0.2, 0) is 0 Å². The number of carbonyl (C=O) groups is 1. The minimum absolute atomic E-state index is 0.274. The zero-order valence-corrected chi connectivity index (χ0v) is 18.4. The van der Waals surface area contributed by atoms with E-state index in [9.17, 15) is 9.18 Å². The number of fused-ring (bicyclic) bond motifs is 1. The number of urea groups is 1. The van der Waals surface area contributed by atoms with Gasteiger partial charge in [0, 0.05) is 36.1 Å². The van der Waals surface area contributed by atoms with Crippen LogP contribution in [-0.4, -0.2) is 39.1 Å². The number of nitrogen functional groups attached to an aromatic ring is 1. The average molecular weight is 460 g/mol. The molecule has 0 bridgehead atoms. The molecule has 172 valence electrons. The van der Waals surface area contributed by atoms with Crippen LogP contribution < -0.4 is 10.6 Å². The molecule has 1 aliphatic heterocycles. The number of amides is 2. The van der Waals surface area contributed by atoms with E-state index in [-0.39, 0.29) is 17.9 Å². The lowest BCUT2D eigenvalue weighted by molar-refractivity contribution is 0.219. The van der Waals surface area contributed by atoms with Crippen molar-refractivity contribution in [2.75, 3.05) is 24.2 Å². The zero-order valence-electron chi connectivity index (χ0n) is 18.4. The molecule has 1 atom stereocenters. The summed E-state index contributed by atoms with van der Waals surface area (Å²) in [6.45, 7) is 0.291. The van der Waals surface area contributed by atoms with Gasteiger partial charge in [-0.25, -0.2) is 23.5 Å². The van der Waals surface area contributed by atoms with Crippen LogP contribution in [0, 0.1) is 11.6 Å². The number of aromatic nitrogens is 3. The number of anilines is 2. The maximum Gasteiger partial charge on any atom is 0.324 e. The van der Waals surface area contributed by atoms with E-state index in [1.54, 1.807) is 36.2 Å². The standard InChI is InChI=1S/C25H22F2N6O/c1-31-21(14-3-2-4-15(26)9-14)12-33(25(31)34)17-7-8-18(20(27)10-17)19-11-32(16-5-6-16)24-22(19)23(28)29-13-30-24/h2-4,7-11,13,16,21H,5-6,12H2,1H3,(H2,28,29,30). The van der Waals surface area contributed by atoms with Gasteiger partial charge in [-0.15, -0.1) is 0 Å². The van der Waals surface area contributed by atoms with Gasteiger partial charge in [-0.2, -0.15) is 0 Å². The van der Waals surface area contributed by atoms with Crippen molar-refractivity contribution < 1.29 is 13.6 Å². The topological polar surface area (TPSA) is 80.3 Å². The third-order valence-electron chi connectivity index (χ3n) is 6.72. The van der Waals surface area contributed by atoms with Crippen molar-refractivity contribution >= 4 is 28.6 Å². The van der Waals surface area contributed by atoms with Crippen LogP contribution in [0.25, 0.3) is 22.2 Å². The lowest BCUT2D eigenvalue weighted by atomic mass is 10.0. The summed E-state index contributed by atoms with van der Waals surface area (Å²) >= 11 is 0. The van der Waals surface area contributed by atoms with Crippen LogP contribution >= 0.6 is 0 Å². The molecule has 0 radical (unpaired) electrons. The van der Waals surface area contributed by atoms with Crippen molar-refractivity contribution in [1.29, 1.82) is 0 Å². The number of rotatable bonds is 4. The first-order valence-electron chi connectivity index (χ1n) is 11.1. The van der Waals surface area contributed by atoms with Gasteiger partial charge in [0.2, 0.25) is 0 Å². The smallest absolute Gasteiger partial charge is 0.324 e. The molecule has 2 fully saturated rings. The molecule has 7 nitrogen and oxygen atoms in total. The Labute approximate surface area is 194 Å². The number of hydrogen-bond acceptors (Lipinski definition) is 4. The van der Waals surface area contributed by atoms with Crippen LogP contribution in [0.3, 0.4) is 0 Å². The predicted molar refractivity (Wildman–Crippen MR) is 125 cm³/mol. The first-order chi connectivity index (χ1) is 16.4. The monoisotopic (exact) mass is 460 g/mol. The fourth-order valence-electron chi connectivity index (χ4n) is 4.79. The van der Waals surface area contributed by atoms with Gasteiger partial charge in [-0.3, -0.25) is 4.90 Å². The van der Waals surface area contributed by atoms with Crippen LogP contribution in [0.5, 0.6) is 0 Å².